The zero-order valence-corrected chi connectivity index (χ0v) is 17.1. The van der Waals surface area contributed by atoms with E-state index in [-0.39, 0.29) is 5.91 Å². The summed E-state index contributed by atoms with van der Waals surface area (Å²) in [5.74, 6) is -0.169. The minimum atomic E-state index is -0.169. The average Bonchev–Trinajstić information content (AvgIpc) is 2.80. The maximum absolute atomic E-state index is 12.9. The van der Waals surface area contributed by atoms with Gasteiger partial charge in [0.25, 0.3) is 5.91 Å². The van der Waals surface area contributed by atoms with Gasteiger partial charge in [0.15, 0.2) is 0 Å². The molecule has 1 aliphatic heterocycles. The molecule has 1 fully saturated rings. The number of aromatic nitrogens is 1. The number of carbonyl (C=O) groups is 2. The maximum Gasteiger partial charge on any atom is 0.255 e. The van der Waals surface area contributed by atoms with Crippen molar-refractivity contribution in [3.63, 3.8) is 0 Å². The number of aryl methyl sites for hydroxylation is 1. The van der Waals surface area contributed by atoms with Crippen LogP contribution in [0, 0.1) is 6.92 Å². The van der Waals surface area contributed by atoms with E-state index in [2.05, 4.69) is 21.3 Å². The standard InChI is InChI=1S/C25H25N3O2/c1-18-6-5-7-20(14-18)25(30)27-23-9-8-21(28-12-3-2-4-13-28)16-22(23)24-15-19(17-29)10-11-26-24/h5-11,14-17H,2-4,12-13H2,1H3,(H,27,30). The van der Waals surface area contributed by atoms with Crippen molar-refractivity contribution in [2.24, 2.45) is 0 Å². The van der Waals surface area contributed by atoms with Crippen LogP contribution >= 0.6 is 0 Å². The van der Waals surface area contributed by atoms with Gasteiger partial charge in [0.2, 0.25) is 0 Å². The number of nitrogens with one attached hydrogen (secondary N) is 1. The molecule has 152 valence electrons. The number of nitrogens with zero attached hydrogens (tertiary/aromatic N) is 2. The summed E-state index contributed by atoms with van der Waals surface area (Å²) >= 11 is 0. The van der Waals surface area contributed by atoms with E-state index in [1.807, 2.05) is 37.3 Å². The molecule has 1 N–H and O–H groups in total. The van der Waals surface area contributed by atoms with E-state index in [0.29, 0.717) is 22.5 Å². The Hall–Kier alpha value is -3.47. The molecule has 5 nitrogen and oxygen atoms in total. The fourth-order valence-electron chi connectivity index (χ4n) is 3.85. The van der Waals surface area contributed by atoms with Crippen molar-refractivity contribution in [2.45, 2.75) is 26.2 Å². The number of benzene rings is 2. The summed E-state index contributed by atoms with van der Waals surface area (Å²) in [5, 5.41) is 3.03. The molecule has 5 heteroatoms. The minimum absolute atomic E-state index is 0.169. The third kappa shape index (κ3) is 4.40. The fourth-order valence-corrected chi connectivity index (χ4v) is 3.85. The summed E-state index contributed by atoms with van der Waals surface area (Å²) in [6.45, 7) is 4.01. The van der Waals surface area contributed by atoms with Crippen LogP contribution in [0.5, 0.6) is 0 Å². The molecule has 0 radical (unpaired) electrons. The molecule has 0 spiro atoms. The Morgan fingerprint density at radius 3 is 2.63 bits per heavy atom. The normalized spacial score (nSPS) is 13.7. The molecule has 2 aromatic carbocycles. The lowest BCUT2D eigenvalue weighted by atomic mass is 10.0. The van der Waals surface area contributed by atoms with Crippen molar-refractivity contribution in [3.8, 4) is 11.3 Å². The Kier molecular flexibility index (Phi) is 5.89. The summed E-state index contributed by atoms with van der Waals surface area (Å²) in [4.78, 5) is 31.0. The Bertz CT molecular complexity index is 1070. The van der Waals surface area contributed by atoms with E-state index in [1.54, 1.807) is 24.4 Å². The van der Waals surface area contributed by atoms with E-state index < -0.39 is 0 Å². The lowest BCUT2D eigenvalue weighted by molar-refractivity contribution is 0.102. The second kappa shape index (κ2) is 8.91. The number of anilines is 2. The number of aldehydes is 1. The molecule has 1 saturated heterocycles. The first-order chi connectivity index (χ1) is 14.6. The summed E-state index contributed by atoms with van der Waals surface area (Å²) in [7, 11) is 0. The van der Waals surface area contributed by atoms with Crippen molar-refractivity contribution >= 4 is 23.6 Å². The number of pyridine rings is 1. The molecular weight excluding hydrogens is 374 g/mol. The van der Waals surface area contributed by atoms with Crippen LogP contribution in [-0.4, -0.2) is 30.3 Å². The largest absolute Gasteiger partial charge is 0.372 e. The highest BCUT2D eigenvalue weighted by atomic mass is 16.1. The first-order valence-corrected chi connectivity index (χ1v) is 10.3. The van der Waals surface area contributed by atoms with E-state index in [0.717, 1.165) is 36.2 Å². The molecule has 0 unspecified atom stereocenters. The summed E-state index contributed by atoms with van der Waals surface area (Å²) in [6, 6.07) is 17.0. The molecule has 30 heavy (non-hydrogen) atoms. The van der Waals surface area contributed by atoms with Gasteiger partial charge in [-0.1, -0.05) is 17.7 Å². The molecule has 3 aromatic rings. The minimum Gasteiger partial charge on any atom is -0.372 e. The lowest BCUT2D eigenvalue weighted by Gasteiger charge is -2.29. The van der Waals surface area contributed by atoms with Crippen LogP contribution in [0.1, 0.15) is 45.5 Å². The fraction of sp³-hybridized carbons (Fsp3) is 0.240. The zero-order chi connectivity index (χ0) is 20.9. The van der Waals surface area contributed by atoms with Crippen LogP contribution in [0.2, 0.25) is 0 Å². The second-order valence-electron chi connectivity index (χ2n) is 7.69. The lowest BCUT2D eigenvalue weighted by Crippen LogP contribution is -2.29. The van der Waals surface area contributed by atoms with Gasteiger partial charge >= 0.3 is 0 Å². The van der Waals surface area contributed by atoms with Crippen molar-refractivity contribution in [2.75, 3.05) is 23.3 Å². The first-order valence-electron chi connectivity index (χ1n) is 10.3. The van der Waals surface area contributed by atoms with E-state index in [4.69, 9.17) is 0 Å². The smallest absolute Gasteiger partial charge is 0.255 e. The van der Waals surface area contributed by atoms with Crippen molar-refractivity contribution in [3.05, 3.63) is 77.5 Å². The molecule has 0 bridgehead atoms. The predicted octanol–water partition coefficient (Wildman–Crippen LogP) is 5.11. The molecule has 1 aliphatic rings. The van der Waals surface area contributed by atoms with Crippen LogP contribution in [0.4, 0.5) is 11.4 Å². The van der Waals surface area contributed by atoms with E-state index >= 15 is 0 Å². The van der Waals surface area contributed by atoms with Crippen LogP contribution in [0.25, 0.3) is 11.3 Å². The molecule has 4 rings (SSSR count). The molecular formula is C25H25N3O2. The van der Waals surface area contributed by atoms with Crippen LogP contribution in [-0.2, 0) is 0 Å². The van der Waals surface area contributed by atoms with Gasteiger partial charge in [0.1, 0.15) is 6.29 Å². The topological polar surface area (TPSA) is 62.3 Å². The summed E-state index contributed by atoms with van der Waals surface area (Å²) in [6.07, 6.45) is 6.06. The Balaban J connectivity index is 1.72. The van der Waals surface area contributed by atoms with Crippen LogP contribution < -0.4 is 10.2 Å². The van der Waals surface area contributed by atoms with Gasteiger partial charge in [-0.25, -0.2) is 0 Å². The van der Waals surface area contributed by atoms with Crippen molar-refractivity contribution in [1.29, 1.82) is 0 Å². The highest BCUT2D eigenvalue weighted by Gasteiger charge is 2.16. The summed E-state index contributed by atoms with van der Waals surface area (Å²) < 4.78 is 0. The number of piperidine rings is 1. The Morgan fingerprint density at radius 1 is 1.03 bits per heavy atom. The molecule has 0 atom stereocenters. The molecule has 1 amide bonds. The zero-order valence-electron chi connectivity index (χ0n) is 17.1. The van der Waals surface area contributed by atoms with E-state index in [9.17, 15) is 9.59 Å². The number of hydrogen-bond acceptors (Lipinski definition) is 4. The van der Waals surface area contributed by atoms with Gasteiger partial charge in [-0.3, -0.25) is 14.6 Å². The monoisotopic (exact) mass is 399 g/mol. The number of carbonyl (C=O) groups excluding carboxylic acids is 2. The van der Waals surface area contributed by atoms with Crippen LogP contribution in [0.3, 0.4) is 0 Å². The average molecular weight is 399 g/mol. The van der Waals surface area contributed by atoms with Gasteiger partial charge in [-0.05, 0) is 68.7 Å². The number of hydrogen-bond donors (Lipinski definition) is 1. The number of rotatable bonds is 5. The van der Waals surface area contributed by atoms with Gasteiger partial charge in [0, 0.05) is 41.7 Å². The first kappa shape index (κ1) is 19.8. The molecule has 1 aromatic heterocycles. The third-order valence-electron chi connectivity index (χ3n) is 5.45. The van der Waals surface area contributed by atoms with Crippen molar-refractivity contribution in [1.82, 2.24) is 4.98 Å². The predicted molar refractivity (Wildman–Crippen MR) is 120 cm³/mol. The summed E-state index contributed by atoms with van der Waals surface area (Å²) in [5.41, 5.74) is 5.45. The molecule has 2 heterocycles. The van der Waals surface area contributed by atoms with Crippen LogP contribution in [0.15, 0.2) is 60.8 Å². The molecule has 0 saturated carbocycles. The van der Waals surface area contributed by atoms with Crippen molar-refractivity contribution < 1.29 is 9.59 Å². The van der Waals surface area contributed by atoms with Gasteiger partial charge < -0.3 is 10.2 Å². The third-order valence-corrected chi connectivity index (χ3v) is 5.45. The quantitative estimate of drug-likeness (QED) is 0.606. The Labute approximate surface area is 176 Å². The SMILES string of the molecule is Cc1cccc(C(=O)Nc2ccc(N3CCCCC3)cc2-c2cc(C=O)ccn2)c1. The van der Waals surface area contributed by atoms with Gasteiger partial charge in [0.05, 0.1) is 11.4 Å². The maximum atomic E-state index is 12.9. The van der Waals surface area contributed by atoms with Gasteiger partial charge in [-0.15, -0.1) is 0 Å². The molecule has 0 aliphatic carbocycles. The number of amides is 1. The highest BCUT2D eigenvalue weighted by Crippen LogP contribution is 2.33. The highest BCUT2D eigenvalue weighted by molar-refractivity contribution is 6.06. The van der Waals surface area contributed by atoms with Gasteiger partial charge in [-0.2, -0.15) is 0 Å². The Morgan fingerprint density at radius 2 is 1.87 bits per heavy atom. The second-order valence-corrected chi connectivity index (χ2v) is 7.69. The van der Waals surface area contributed by atoms with E-state index in [1.165, 1.54) is 19.3 Å².